The van der Waals surface area contributed by atoms with Gasteiger partial charge in [-0.1, -0.05) is 6.07 Å². The van der Waals surface area contributed by atoms with Gasteiger partial charge in [0, 0.05) is 35.8 Å². The Balaban J connectivity index is 1.93. The van der Waals surface area contributed by atoms with Gasteiger partial charge in [-0.3, -0.25) is 29.3 Å². The molecule has 0 radical (unpaired) electrons. The monoisotopic (exact) mass is 452 g/mol. The Morgan fingerprint density at radius 1 is 1.12 bits per heavy atom. The molecule has 0 aromatic heterocycles. The molecule has 1 saturated heterocycles. The first-order chi connectivity index (χ1) is 15.4. The number of nitro benzene ring substituents is 1. The molecule has 1 aliphatic rings. The zero-order valence-corrected chi connectivity index (χ0v) is 18.7. The molecule has 2 aromatic carbocycles. The molecule has 1 atom stereocenters. The van der Waals surface area contributed by atoms with Crippen molar-refractivity contribution in [3.63, 3.8) is 0 Å². The number of imide groups is 1. The van der Waals surface area contributed by atoms with Gasteiger partial charge in [0.2, 0.25) is 11.8 Å². The maximum absolute atomic E-state index is 13.4. The van der Waals surface area contributed by atoms with Gasteiger partial charge in [0.1, 0.15) is 6.04 Å². The highest BCUT2D eigenvalue weighted by molar-refractivity contribution is 6.23. The van der Waals surface area contributed by atoms with Crippen molar-refractivity contribution >= 4 is 40.7 Å². The van der Waals surface area contributed by atoms with Crippen LogP contribution >= 0.6 is 0 Å². The van der Waals surface area contributed by atoms with Crippen molar-refractivity contribution < 1.29 is 24.1 Å². The second-order valence-corrected chi connectivity index (χ2v) is 8.67. The van der Waals surface area contributed by atoms with Crippen molar-refractivity contribution in [3.05, 3.63) is 64.2 Å². The van der Waals surface area contributed by atoms with Crippen LogP contribution in [0.1, 0.15) is 44.5 Å². The fourth-order valence-electron chi connectivity index (χ4n) is 3.79. The minimum Gasteiger partial charge on any atom is -0.326 e. The Bertz CT molecular complexity index is 1140. The lowest BCUT2D eigenvalue weighted by atomic mass is 9.99. The number of amides is 4. The third-order valence-electron chi connectivity index (χ3n) is 5.13. The summed E-state index contributed by atoms with van der Waals surface area (Å²) in [5.41, 5.74) is -0.215. The molecule has 1 aliphatic heterocycles. The minimum atomic E-state index is -1.07. The molecule has 1 N–H and O–H groups in total. The van der Waals surface area contributed by atoms with Crippen LogP contribution in [0.3, 0.4) is 0 Å². The minimum absolute atomic E-state index is 0.0532. The van der Waals surface area contributed by atoms with Crippen molar-refractivity contribution in [2.75, 3.05) is 10.2 Å². The molecule has 0 aliphatic carbocycles. The number of hydrogen-bond donors (Lipinski definition) is 1. The van der Waals surface area contributed by atoms with Gasteiger partial charge in [0.25, 0.3) is 17.5 Å². The van der Waals surface area contributed by atoms with Gasteiger partial charge in [0.05, 0.1) is 17.0 Å². The lowest BCUT2D eigenvalue weighted by molar-refractivity contribution is -0.384. The summed E-state index contributed by atoms with van der Waals surface area (Å²) >= 11 is 0. The lowest BCUT2D eigenvalue weighted by Gasteiger charge is -2.39. The van der Waals surface area contributed by atoms with Crippen LogP contribution < -0.4 is 10.2 Å². The maximum atomic E-state index is 13.4. The largest absolute Gasteiger partial charge is 0.326 e. The van der Waals surface area contributed by atoms with Crippen molar-refractivity contribution in [1.82, 2.24) is 4.90 Å². The maximum Gasteiger partial charge on any atom is 0.270 e. The molecule has 0 saturated carbocycles. The van der Waals surface area contributed by atoms with Crippen molar-refractivity contribution in [1.29, 1.82) is 0 Å². The molecule has 1 unspecified atom stereocenters. The first kappa shape index (κ1) is 23.6. The molecule has 0 spiro atoms. The van der Waals surface area contributed by atoms with Crippen LogP contribution in [0.4, 0.5) is 17.1 Å². The fourth-order valence-corrected chi connectivity index (χ4v) is 3.79. The highest BCUT2D eigenvalue weighted by atomic mass is 16.6. The molecule has 1 heterocycles. The van der Waals surface area contributed by atoms with Crippen LogP contribution in [0.5, 0.6) is 0 Å². The van der Waals surface area contributed by atoms with Crippen molar-refractivity contribution in [2.24, 2.45) is 0 Å². The Morgan fingerprint density at radius 3 is 2.30 bits per heavy atom. The van der Waals surface area contributed by atoms with Gasteiger partial charge < -0.3 is 10.2 Å². The van der Waals surface area contributed by atoms with E-state index in [1.165, 1.54) is 42.2 Å². The van der Waals surface area contributed by atoms with E-state index in [0.29, 0.717) is 11.4 Å². The predicted octanol–water partition coefficient (Wildman–Crippen LogP) is 3.13. The quantitative estimate of drug-likeness (QED) is 0.421. The summed E-state index contributed by atoms with van der Waals surface area (Å²) in [4.78, 5) is 63.5. The molecule has 0 bridgehead atoms. The number of benzene rings is 2. The Labute approximate surface area is 190 Å². The molecule has 2 aromatic rings. The molecule has 10 heteroatoms. The van der Waals surface area contributed by atoms with Crippen LogP contribution in [0.25, 0.3) is 0 Å². The summed E-state index contributed by atoms with van der Waals surface area (Å²) in [7, 11) is 0. The number of nitrogens with zero attached hydrogens (tertiary/aromatic N) is 3. The van der Waals surface area contributed by atoms with Crippen LogP contribution in [0.2, 0.25) is 0 Å². The number of non-ortho nitro benzene ring substituents is 1. The molecule has 172 valence electrons. The number of hydrogen-bond acceptors (Lipinski definition) is 6. The highest BCUT2D eigenvalue weighted by Gasteiger charge is 2.47. The first-order valence-electron chi connectivity index (χ1n) is 10.2. The number of nitro groups is 1. The van der Waals surface area contributed by atoms with Gasteiger partial charge in [-0.05, 0) is 51.1 Å². The zero-order chi connectivity index (χ0) is 24.5. The number of anilines is 2. The van der Waals surface area contributed by atoms with Gasteiger partial charge in [-0.25, -0.2) is 4.90 Å². The molecule has 10 nitrogen and oxygen atoms in total. The number of carbonyl (C=O) groups excluding carboxylic acids is 4. The Hall–Kier alpha value is -4.08. The van der Waals surface area contributed by atoms with Gasteiger partial charge in [-0.15, -0.1) is 0 Å². The smallest absolute Gasteiger partial charge is 0.270 e. The fraction of sp³-hybridized carbons (Fsp3) is 0.304. The summed E-state index contributed by atoms with van der Waals surface area (Å²) in [5, 5.41) is 13.7. The summed E-state index contributed by atoms with van der Waals surface area (Å²) < 4.78 is 0. The predicted molar refractivity (Wildman–Crippen MR) is 121 cm³/mol. The van der Waals surface area contributed by atoms with Crippen molar-refractivity contribution in [2.45, 2.75) is 45.7 Å². The summed E-state index contributed by atoms with van der Waals surface area (Å²) in [6, 6.07) is 10.4. The summed E-state index contributed by atoms with van der Waals surface area (Å²) in [6.45, 7) is 6.55. The van der Waals surface area contributed by atoms with Crippen LogP contribution in [0, 0.1) is 10.1 Å². The third-order valence-corrected chi connectivity index (χ3v) is 5.13. The lowest BCUT2D eigenvalue weighted by Crippen LogP contribution is -2.54. The molecule has 33 heavy (non-hydrogen) atoms. The molecular formula is C23H24N4O6. The third kappa shape index (κ3) is 4.89. The van der Waals surface area contributed by atoms with Gasteiger partial charge >= 0.3 is 0 Å². The number of carbonyl (C=O) groups is 4. The molecule has 3 rings (SSSR count). The average Bonchev–Trinajstić information content (AvgIpc) is 3.01. The summed E-state index contributed by atoms with van der Waals surface area (Å²) in [5.74, 6) is -1.88. The Morgan fingerprint density at radius 2 is 1.76 bits per heavy atom. The molecular weight excluding hydrogens is 428 g/mol. The number of rotatable bonds is 5. The van der Waals surface area contributed by atoms with Crippen LogP contribution in [-0.2, 0) is 14.4 Å². The Kier molecular flexibility index (Phi) is 6.30. The number of nitrogens with one attached hydrogen (secondary N) is 1. The average molecular weight is 452 g/mol. The van der Waals surface area contributed by atoms with E-state index in [0.717, 1.165) is 11.0 Å². The second-order valence-electron chi connectivity index (χ2n) is 8.67. The first-order valence-corrected chi connectivity index (χ1v) is 10.2. The molecule has 4 amide bonds. The normalized spacial score (nSPS) is 16.0. The highest BCUT2D eigenvalue weighted by Crippen LogP contribution is 2.32. The van der Waals surface area contributed by atoms with E-state index in [4.69, 9.17) is 0 Å². The van der Waals surface area contributed by atoms with E-state index in [2.05, 4.69) is 5.32 Å². The van der Waals surface area contributed by atoms with E-state index in [1.807, 2.05) is 0 Å². The SMILES string of the molecule is CC(=O)Nc1ccc(N2C(=O)CC(N(C(=O)c3cccc([N+](=O)[O-])c3)C(C)(C)C)C2=O)cc1. The zero-order valence-electron chi connectivity index (χ0n) is 18.7. The standard InChI is InChI=1S/C23H24N4O6/c1-14(28)24-16-8-10-17(11-9-16)25-20(29)13-19(22(25)31)26(23(2,3)4)21(30)15-6-5-7-18(12-15)27(32)33/h5-12,19H,13H2,1-4H3,(H,24,28). The van der Waals surface area contributed by atoms with E-state index in [1.54, 1.807) is 32.9 Å². The van der Waals surface area contributed by atoms with Crippen LogP contribution in [-0.4, -0.2) is 45.0 Å². The second kappa shape index (κ2) is 8.81. The van der Waals surface area contributed by atoms with E-state index in [-0.39, 0.29) is 23.6 Å². The van der Waals surface area contributed by atoms with Crippen LogP contribution in [0.15, 0.2) is 48.5 Å². The summed E-state index contributed by atoms with van der Waals surface area (Å²) in [6.07, 6.45) is -0.218. The van der Waals surface area contributed by atoms with Gasteiger partial charge in [0.15, 0.2) is 0 Å². The van der Waals surface area contributed by atoms with Crippen molar-refractivity contribution in [3.8, 4) is 0 Å². The van der Waals surface area contributed by atoms with E-state index < -0.39 is 34.2 Å². The molecule has 1 fully saturated rings. The van der Waals surface area contributed by atoms with E-state index >= 15 is 0 Å². The van der Waals surface area contributed by atoms with Gasteiger partial charge in [-0.2, -0.15) is 0 Å². The van der Waals surface area contributed by atoms with E-state index in [9.17, 15) is 29.3 Å². The topological polar surface area (TPSA) is 130 Å².